The third kappa shape index (κ3) is 7.89. The van der Waals surface area contributed by atoms with Gasteiger partial charge in [0, 0.05) is 13.6 Å². The lowest BCUT2D eigenvalue weighted by Gasteiger charge is -2.24. The number of aromatic carboxylic acids is 1. The van der Waals surface area contributed by atoms with Gasteiger partial charge in [0.1, 0.15) is 28.3 Å². The summed E-state index contributed by atoms with van der Waals surface area (Å²) in [6.45, 7) is 0.318. The van der Waals surface area contributed by atoms with Crippen LogP contribution in [0.25, 0.3) is 0 Å². The summed E-state index contributed by atoms with van der Waals surface area (Å²) < 4.78 is 36.6. The fourth-order valence-electron chi connectivity index (χ4n) is 3.34. The maximum atomic E-state index is 13.2. The van der Waals surface area contributed by atoms with Crippen molar-refractivity contribution in [2.24, 2.45) is 5.14 Å². The number of nitrogens with two attached hydrogens (primary N) is 1. The molecule has 4 aromatic rings. The fourth-order valence-corrected chi connectivity index (χ4v) is 3.91. The molecule has 4 aromatic carbocycles. The summed E-state index contributed by atoms with van der Waals surface area (Å²) in [7, 11) is 1.24. The molecule has 1 unspecified atom stereocenters. The maximum absolute atomic E-state index is 13.2. The minimum atomic E-state index is -2.01. The predicted octanol–water partition coefficient (Wildman–Crippen LogP) is 5.63. The van der Waals surface area contributed by atoms with Gasteiger partial charge in [-0.3, -0.25) is 0 Å². The first kappa shape index (κ1) is 27.4. The Bertz CT molecular complexity index is 1310. The number of hydrogen-bond donors (Lipinski definition) is 2. The Kier molecular flexibility index (Phi) is 9.76. The van der Waals surface area contributed by atoms with Crippen molar-refractivity contribution in [2.45, 2.75) is 11.4 Å². The van der Waals surface area contributed by atoms with Gasteiger partial charge in [-0.25, -0.2) is 18.5 Å². The number of hydrogen-bond acceptors (Lipinski definition) is 5. The summed E-state index contributed by atoms with van der Waals surface area (Å²) in [6.07, 6.45) is 0. The Morgan fingerprint density at radius 1 is 0.946 bits per heavy atom. The summed E-state index contributed by atoms with van der Waals surface area (Å²) in [4.78, 5) is 13.4. The maximum Gasteiger partial charge on any atom is 0.335 e. The van der Waals surface area contributed by atoms with E-state index in [9.17, 15) is 18.5 Å². The van der Waals surface area contributed by atoms with E-state index in [4.69, 9.17) is 14.6 Å². The molecule has 3 N–H and O–H groups in total. The molecule has 0 aliphatic rings. The average molecular weight is 523 g/mol. The van der Waals surface area contributed by atoms with Crippen molar-refractivity contribution in [2.75, 3.05) is 19.1 Å². The number of anilines is 1. The minimum Gasteiger partial charge on any atom is -0.497 e. The first-order valence-corrected chi connectivity index (χ1v) is 12.3. The van der Waals surface area contributed by atoms with Crippen LogP contribution in [0.1, 0.15) is 15.9 Å². The summed E-state index contributed by atoms with van der Waals surface area (Å²) in [5.74, 6) is -0.333. The zero-order valence-corrected chi connectivity index (χ0v) is 21.2. The molecule has 192 valence electrons. The Labute approximate surface area is 217 Å². The molecule has 0 aromatic heterocycles. The lowest BCUT2D eigenvalue weighted by molar-refractivity contribution is 0.0696. The zero-order chi connectivity index (χ0) is 26.8. The molecule has 37 heavy (non-hydrogen) atoms. The number of benzene rings is 4. The molecule has 9 heteroatoms. The normalized spacial score (nSPS) is 11.0. The van der Waals surface area contributed by atoms with Crippen molar-refractivity contribution in [1.82, 2.24) is 0 Å². The van der Waals surface area contributed by atoms with Crippen LogP contribution in [0.15, 0.2) is 102 Å². The van der Waals surface area contributed by atoms with E-state index >= 15 is 0 Å². The second kappa shape index (κ2) is 13.2. The first-order valence-electron chi connectivity index (χ1n) is 11.1. The predicted molar refractivity (Wildman–Crippen MR) is 142 cm³/mol. The Balaban J connectivity index is 0.000000555. The van der Waals surface area contributed by atoms with Crippen molar-refractivity contribution < 1.29 is 28.0 Å². The van der Waals surface area contributed by atoms with E-state index in [1.165, 1.54) is 24.3 Å². The van der Waals surface area contributed by atoms with Crippen LogP contribution in [0, 0.1) is 5.82 Å². The number of rotatable bonds is 8. The monoisotopic (exact) mass is 522 g/mol. The number of carboxylic acid groups (broad SMARTS) is 1. The van der Waals surface area contributed by atoms with Crippen LogP contribution in [0.3, 0.4) is 0 Å². The molecule has 1 atom stereocenters. The third-order valence-corrected chi connectivity index (χ3v) is 5.93. The van der Waals surface area contributed by atoms with E-state index in [2.05, 4.69) is 0 Å². The van der Waals surface area contributed by atoms with Gasteiger partial charge in [0.25, 0.3) is 0 Å². The highest BCUT2D eigenvalue weighted by molar-refractivity contribution is 7.82. The smallest absolute Gasteiger partial charge is 0.335 e. The number of nitrogens with zero attached hydrogens (tertiary/aromatic N) is 1. The zero-order valence-electron chi connectivity index (χ0n) is 20.3. The molecule has 0 aliphatic carbocycles. The highest BCUT2D eigenvalue weighted by atomic mass is 32.2. The highest BCUT2D eigenvalue weighted by Gasteiger charge is 2.22. The molecular weight excluding hydrogens is 495 g/mol. The fraction of sp³-hybridized carbons (Fsp3) is 0.107. The van der Waals surface area contributed by atoms with Crippen LogP contribution in [0.5, 0.6) is 17.2 Å². The molecule has 0 bridgehead atoms. The molecular formula is C28H27FN2O5S. The van der Waals surface area contributed by atoms with Gasteiger partial charge in [0.05, 0.1) is 23.3 Å². The van der Waals surface area contributed by atoms with Gasteiger partial charge in [-0.2, -0.15) is 0 Å². The summed E-state index contributed by atoms with van der Waals surface area (Å²) in [6, 6.07) is 27.3. The van der Waals surface area contributed by atoms with Gasteiger partial charge in [-0.1, -0.05) is 48.5 Å². The Morgan fingerprint density at radius 3 is 1.97 bits per heavy atom. The van der Waals surface area contributed by atoms with Crippen molar-refractivity contribution in [3.8, 4) is 17.2 Å². The number of carbonyl (C=O) groups is 1. The summed E-state index contributed by atoms with van der Waals surface area (Å²) in [5.41, 5.74) is 1.07. The molecule has 0 radical (unpaired) electrons. The van der Waals surface area contributed by atoms with Gasteiger partial charge in [0.2, 0.25) is 0 Å². The van der Waals surface area contributed by atoms with Crippen LogP contribution in [-0.2, 0) is 17.5 Å². The minimum absolute atomic E-state index is 0.0386. The quantitative estimate of drug-likeness (QED) is 0.311. The van der Waals surface area contributed by atoms with Gasteiger partial charge in [0.15, 0.2) is 5.75 Å². The van der Waals surface area contributed by atoms with Gasteiger partial charge in [-0.05, 0) is 54.1 Å². The average Bonchev–Trinajstić information content (AvgIpc) is 2.91. The summed E-state index contributed by atoms with van der Waals surface area (Å²) in [5, 5.41) is 15.1. The third-order valence-electron chi connectivity index (χ3n) is 5.19. The molecule has 0 amide bonds. The molecule has 0 saturated heterocycles. The van der Waals surface area contributed by atoms with Gasteiger partial charge < -0.3 is 19.5 Å². The standard InChI is InChI=1S/C22H21FN2O5S.C6H6/c1-25(13-14-3-5-16(23)6-4-14)19-11-15(22(26)27)12-20(31(24)28)21(19)30-18-9-7-17(29-2)8-10-18;1-2-4-6-5-3-1/h3-12H,13,24H2,1-2H3,(H,26,27);1-6H. The van der Waals surface area contributed by atoms with Crippen molar-refractivity contribution in [1.29, 1.82) is 0 Å². The second-order valence-corrected chi connectivity index (χ2v) is 8.87. The Morgan fingerprint density at radius 2 is 1.49 bits per heavy atom. The van der Waals surface area contributed by atoms with Crippen LogP contribution in [0.4, 0.5) is 10.1 Å². The lowest BCUT2D eigenvalue weighted by atomic mass is 10.1. The van der Waals surface area contributed by atoms with Crippen molar-refractivity contribution in [3.63, 3.8) is 0 Å². The van der Waals surface area contributed by atoms with E-state index < -0.39 is 17.0 Å². The number of carboxylic acids is 1. The number of halogens is 1. The summed E-state index contributed by atoms with van der Waals surface area (Å²) >= 11 is 0. The van der Waals surface area contributed by atoms with Gasteiger partial charge in [-0.15, -0.1) is 0 Å². The highest BCUT2D eigenvalue weighted by Crippen LogP contribution is 2.39. The topological polar surface area (TPSA) is 102 Å². The van der Waals surface area contributed by atoms with Crippen LogP contribution in [-0.4, -0.2) is 29.4 Å². The van der Waals surface area contributed by atoms with E-state index in [0.29, 0.717) is 23.7 Å². The number of methoxy groups -OCH3 is 1. The van der Waals surface area contributed by atoms with Crippen LogP contribution in [0.2, 0.25) is 0 Å². The van der Waals surface area contributed by atoms with Crippen molar-refractivity contribution >= 4 is 22.6 Å². The van der Waals surface area contributed by atoms with E-state index in [0.717, 1.165) is 5.56 Å². The van der Waals surface area contributed by atoms with E-state index in [1.54, 1.807) is 55.5 Å². The molecule has 4 rings (SSSR count). The molecule has 0 spiro atoms. The molecule has 0 fully saturated rings. The molecule has 0 heterocycles. The number of ether oxygens (including phenoxy) is 2. The molecule has 0 saturated carbocycles. The largest absolute Gasteiger partial charge is 0.497 e. The van der Waals surface area contributed by atoms with Crippen LogP contribution >= 0.6 is 0 Å². The van der Waals surface area contributed by atoms with Gasteiger partial charge >= 0.3 is 5.97 Å². The molecule has 0 aliphatic heterocycles. The van der Waals surface area contributed by atoms with Crippen molar-refractivity contribution in [3.05, 3.63) is 114 Å². The van der Waals surface area contributed by atoms with Crippen LogP contribution < -0.4 is 19.5 Å². The SMILES string of the molecule is COc1ccc(Oc2c(N(C)Cc3ccc(F)cc3)cc(C(=O)O)cc2S(N)=O)cc1.c1ccccc1. The second-order valence-electron chi connectivity index (χ2n) is 7.84. The lowest BCUT2D eigenvalue weighted by Crippen LogP contribution is -2.19. The Hall–Kier alpha value is -4.21. The molecule has 7 nitrogen and oxygen atoms in total. The van der Waals surface area contributed by atoms with E-state index in [1.807, 2.05) is 36.4 Å². The van der Waals surface area contributed by atoms with E-state index in [-0.39, 0.29) is 22.0 Å². The first-order chi connectivity index (χ1) is 17.8.